The highest BCUT2D eigenvalue weighted by Crippen LogP contribution is 2.31. The number of rotatable bonds is 3. The van der Waals surface area contributed by atoms with Gasteiger partial charge in [0.15, 0.2) is 0 Å². The summed E-state index contributed by atoms with van der Waals surface area (Å²) in [5.74, 6) is 0. The van der Waals surface area contributed by atoms with Gasteiger partial charge in [-0.05, 0) is 44.0 Å². The fourth-order valence-electron chi connectivity index (χ4n) is 2.83. The third kappa shape index (κ3) is 1.85. The fraction of sp³-hybridized carbons (Fsp3) is 0.429. The van der Waals surface area contributed by atoms with Crippen molar-refractivity contribution in [2.75, 3.05) is 13.1 Å². The van der Waals surface area contributed by atoms with E-state index in [9.17, 15) is 0 Å². The molecule has 2 heterocycles. The Kier molecular flexibility index (Phi) is 2.87. The van der Waals surface area contributed by atoms with E-state index >= 15 is 0 Å². The van der Waals surface area contributed by atoms with Crippen molar-refractivity contribution < 1.29 is 0 Å². The molecular formula is C14H19N3. The zero-order valence-corrected chi connectivity index (χ0v) is 10.00. The van der Waals surface area contributed by atoms with Crippen molar-refractivity contribution in [1.82, 2.24) is 10.3 Å². The van der Waals surface area contributed by atoms with Crippen LogP contribution in [-0.2, 0) is 6.42 Å². The summed E-state index contributed by atoms with van der Waals surface area (Å²) in [6, 6.07) is 9.04. The molecule has 1 aliphatic rings. The Labute approximate surface area is 101 Å². The van der Waals surface area contributed by atoms with E-state index in [1.807, 2.05) is 0 Å². The molecule has 1 unspecified atom stereocenters. The van der Waals surface area contributed by atoms with Crippen molar-refractivity contribution in [1.29, 1.82) is 0 Å². The molecule has 3 nitrogen and oxygen atoms in total. The van der Waals surface area contributed by atoms with Gasteiger partial charge in [0.25, 0.3) is 0 Å². The summed E-state index contributed by atoms with van der Waals surface area (Å²) in [7, 11) is 0. The van der Waals surface area contributed by atoms with Crippen molar-refractivity contribution in [3.8, 4) is 0 Å². The molecular weight excluding hydrogens is 210 g/mol. The van der Waals surface area contributed by atoms with Crippen LogP contribution < -0.4 is 11.1 Å². The van der Waals surface area contributed by atoms with Crippen LogP contribution in [0.1, 0.15) is 30.1 Å². The molecule has 3 rings (SSSR count). The van der Waals surface area contributed by atoms with Crippen LogP contribution in [0.5, 0.6) is 0 Å². The first-order valence-electron chi connectivity index (χ1n) is 6.43. The van der Waals surface area contributed by atoms with E-state index in [1.54, 1.807) is 0 Å². The Morgan fingerprint density at radius 3 is 3.06 bits per heavy atom. The summed E-state index contributed by atoms with van der Waals surface area (Å²) in [6.07, 6.45) is 3.32. The van der Waals surface area contributed by atoms with Crippen molar-refractivity contribution in [2.45, 2.75) is 25.3 Å². The molecule has 17 heavy (non-hydrogen) atoms. The molecule has 2 aromatic rings. The number of H-pyrrole nitrogens is 1. The van der Waals surface area contributed by atoms with Gasteiger partial charge in [0.2, 0.25) is 0 Å². The van der Waals surface area contributed by atoms with Crippen LogP contribution in [0.15, 0.2) is 24.3 Å². The molecule has 1 aromatic heterocycles. The standard InChI is InChI=1S/C14H19N3/c15-8-3-6-13-14-11(7-9-16-13)10-4-1-2-5-12(10)17-14/h1-2,4-5,13,16-17H,3,6-9,15H2. The largest absolute Gasteiger partial charge is 0.357 e. The summed E-state index contributed by atoms with van der Waals surface area (Å²) in [6.45, 7) is 1.85. The number of aromatic amines is 1. The third-order valence-electron chi connectivity index (χ3n) is 3.66. The van der Waals surface area contributed by atoms with Gasteiger partial charge in [-0.15, -0.1) is 0 Å². The maximum Gasteiger partial charge on any atom is 0.0476 e. The molecule has 0 saturated carbocycles. The monoisotopic (exact) mass is 229 g/mol. The molecule has 0 fully saturated rings. The summed E-state index contributed by atoms with van der Waals surface area (Å²) < 4.78 is 0. The van der Waals surface area contributed by atoms with Crippen LogP contribution in [-0.4, -0.2) is 18.1 Å². The lowest BCUT2D eigenvalue weighted by atomic mass is 9.96. The summed E-state index contributed by atoms with van der Waals surface area (Å²) >= 11 is 0. The molecule has 0 bridgehead atoms. The van der Waals surface area contributed by atoms with Crippen LogP contribution in [0.2, 0.25) is 0 Å². The van der Waals surface area contributed by atoms with Crippen LogP contribution in [0.3, 0.4) is 0 Å². The lowest BCUT2D eigenvalue weighted by Gasteiger charge is -2.24. The van der Waals surface area contributed by atoms with Gasteiger partial charge in [-0.3, -0.25) is 0 Å². The highest BCUT2D eigenvalue weighted by molar-refractivity contribution is 5.85. The van der Waals surface area contributed by atoms with E-state index in [0.29, 0.717) is 6.04 Å². The van der Waals surface area contributed by atoms with Gasteiger partial charge < -0.3 is 16.0 Å². The molecule has 0 radical (unpaired) electrons. The van der Waals surface area contributed by atoms with Crippen LogP contribution in [0.4, 0.5) is 0 Å². The zero-order chi connectivity index (χ0) is 11.7. The Morgan fingerprint density at radius 1 is 1.29 bits per heavy atom. The minimum Gasteiger partial charge on any atom is -0.357 e. The average Bonchev–Trinajstić information content (AvgIpc) is 2.75. The molecule has 3 heteroatoms. The van der Waals surface area contributed by atoms with E-state index in [-0.39, 0.29) is 0 Å². The molecule has 90 valence electrons. The average molecular weight is 229 g/mol. The SMILES string of the molecule is NCCCC1NCCc2c1[nH]c1ccccc21. The second kappa shape index (κ2) is 4.51. The highest BCUT2D eigenvalue weighted by atomic mass is 15.0. The molecule has 0 aliphatic carbocycles. The predicted molar refractivity (Wildman–Crippen MR) is 71.0 cm³/mol. The van der Waals surface area contributed by atoms with Gasteiger partial charge in [0.1, 0.15) is 0 Å². The molecule has 0 spiro atoms. The van der Waals surface area contributed by atoms with Gasteiger partial charge in [0.05, 0.1) is 0 Å². The normalized spacial score (nSPS) is 19.5. The Hall–Kier alpha value is -1.32. The Morgan fingerprint density at radius 2 is 2.18 bits per heavy atom. The van der Waals surface area contributed by atoms with Gasteiger partial charge >= 0.3 is 0 Å². The van der Waals surface area contributed by atoms with Gasteiger partial charge in [-0.1, -0.05) is 18.2 Å². The van der Waals surface area contributed by atoms with E-state index in [2.05, 4.69) is 34.6 Å². The Bertz CT molecular complexity index is 515. The topological polar surface area (TPSA) is 53.8 Å². The maximum absolute atomic E-state index is 5.60. The van der Waals surface area contributed by atoms with Gasteiger partial charge in [-0.25, -0.2) is 0 Å². The lowest BCUT2D eigenvalue weighted by Crippen LogP contribution is -2.30. The quantitative estimate of drug-likeness (QED) is 0.755. The number of benzene rings is 1. The number of aromatic nitrogens is 1. The minimum atomic E-state index is 0.453. The number of para-hydroxylation sites is 1. The van der Waals surface area contributed by atoms with Crippen molar-refractivity contribution in [2.24, 2.45) is 5.73 Å². The number of hydrogen-bond acceptors (Lipinski definition) is 2. The number of nitrogens with two attached hydrogens (primary N) is 1. The van der Waals surface area contributed by atoms with Crippen LogP contribution in [0.25, 0.3) is 10.9 Å². The second-order valence-electron chi connectivity index (χ2n) is 4.75. The molecule has 1 aliphatic heterocycles. The zero-order valence-electron chi connectivity index (χ0n) is 10.00. The fourth-order valence-corrected chi connectivity index (χ4v) is 2.83. The highest BCUT2D eigenvalue weighted by Gasteiger charge is 2.22. The molecule has 0 amide bonds. The third-order valence-corrected chi connectivity index (χ3v) is 3.66. The predicted octanol–water partition coefficient (Wildman–Crippen LogP) is 2.09. The van der Waals surface area contributed by atoms with Gasteiger partial charge in [-0.2, -0.15) is 0 Å². The first kappa shape index (κ1) is 10.8. The number of hydrogen-bond donors (Lipinski definition) is 3. The van der Waals surface area contributed by atoms with Crippen LogP contribution in [0, 0.1) is 0 Å². The maximum atomic E-state index is 5.60. The van der Waals surface area contributed by atoms with Crippen molar-refractivity contribution in [3.05, 3.63) is 35.5 Å². The van der Waals surface area contributed by atoms with Gasteiger partial charge in [0, 0.05) is 22.6 Å². The summed E-state index contributed by atoms with van der Waals surface area (Å²) in [5, 5.41) is 4.97. The van der Waals surface area contributed by atoms with E-state index in [4.69, 9.17) is 5.73 Å². The van der Waals surface area contributed by atoms with E-state index in [0.717, 1.165) is 32.4 Å². The molecule has 4 N–H and O–H groups in total. The summed E-state index contributed by atoms with van der Waals surface area (Å²) in [4.78, 5) is 3.57. The Balaban J connectivity index is 2.02. The number of nitrogens with one attached hydrogen (secondary N) is 2. The van der Waals surface area contributed by atoms with Crippen LogP contribution >= 0.6 is 0 Å². The molecule has 0 saturated heterocycles. The smallest absolute Gasteiger partial charge is 0.0476 e. The van der Waals surface area contributed by atoms with E-state index in [1.165, 1.54) is 22.2 Å². The first-order chi connectivity index (χ1) is 8.40. The molecule has 1 atom stereocenters. The van der Waals surface area contributed by atoms with E-state index < -0.39 is 0 Å². The number of fused-ring (bicyclic) bond motifs is 3. The van der Waals surface area contributed by atoms with Crippen molar-refractivity contribution >= 4 is 10.9 Å². The first-order valence-corrected chi connectivity index (χ1v) is 6.43. The minimum absolute atomic E-state index is 0.453. The summed E-state index contributed by atoms with van der Waals surface area (Å²) in [5.41, 5.74) is 9.75. The molecule has 1 aromatic carbocycles. The second-order valence-corrected chi connectivity index (χ2v) is 4.75. The lowest BCUT2D eigenvalue weighted by molar-refractivity contribution is 0.458. The van der Waals surface area contributed by atoms with Crippen molar-refractivity contribution in [3.63, 3.8) is 0 Å².